The van der Waals surface area contributed by atoms with Crippen LogP contribution in [-0.4, -0.2) is 37.7 Å². The molecule has 0 atom stereocenters. The van der Waals surface area contributed by atoms with Gasteiger partial charge in [-0.05, 0) is 18.2 Å². The maximum Gasteiger partial charge on any atom is 1.00 e. The molecule has 0 saturated carbocycles. The smallest absolute Gasteiger partial charge is 0.744 e. The van der Waals surface area contributed by atoms with E-state index in [9.17, 15) is 30.7 Å². The van der Waals surface area contributed by atoms with Crippen LogP contribution in [-0.2, 0) is 20.2 Å². The van der Waals surface area contributed by atoms with Crippen LogP contribution in [0.4, 0.5) is 0 Å². The Hall–Kier alpha value is 0.670. The fraction of sp³-hybridized carbons (Fsp3) is 0. The first-order chi connectivity index (χ1) is 7.16. The van der Waals surface area contributed by atoms with Crippen molar-refractivity contribution in [2.24, 2.45) is 0 Å². The van der Waals surface area contributed by atoms with E-state index in [0.29, 0.717) is 6.07 Å². The Bertz CT molecular complexity index is 637. The summed E-state index contributed by atoms with van der Waals surface area (Å²) in [5.41, 5.74) is -0.498. The standard InChI is InChI=1S/C7H6O7S2.2Na.H2O/c8-4-5-1-2-6(15(9,10)11)3-7(5)16(12,13)14;;;/h1-4H,(H,9,10,11)(H,12,13,14);;;1H2/q;2*+1;/p-2. The number of aldehydes is 1. The molecule has 0 aliphatic heterocycles. The first-order valence-corrected chi connectivity index (χ1v) is 6.49. The van der Waals surface area contributed by atoms with E-state index in [1.54, 1.807) is 0 Å². The van der Waals surface area contributed by atoms with Crippen molar-refractivity contribution in [1.29, 1.82) is 0 Å². The minimum atomic E-state index is -5.01. The minimum absolute atomic E-state index is 0. The molecule has 0 aromatic heterocycles. The molecule has 0 aliphatic rings. The monoisotopic (exact) mass is 328 g/mol. The molecule has 1 rings (SSSR count). The third-order valence-corrected chi connectivity index (χ3v) is 3.39. The quantitative estimate of drug-likeness (QED) is 0.302. The molecule has 1 aromatic carbocycles. The Morgan fingerprint density at radius 3 is 1.74 bits per heavy atom. The molecule has 0 amide bonds. The number of benzene rings is 1. The molecule has 8 nitrogen and oxygen atoms in total. The summed E-state index contributed by atoms with van der Waals surface area (Å²) in [6, 6.07) is 1.90. The van der Waals surface area contributed by atoms with Gasteiger partial charge in [0.1, 0.15) is 20.2 Å². The van der Waals surface area contributed by atoms with Crippen molar-refractivity contribution in [3.8, 4) is 0 Å². The van der Waals surface area contributed by atoms with Gasteiger partial charge in [0.25, 0.3) is 0 Å². The summed E-state index contributed by atoms with van der Waals surface area (Å²) in [5, 5.41) is 0. The number of hydrogen-bond acceptors (Lipinski definition) is 7. The van der Waals surface area contributed by atoms with Crippen LogP contribution < -0.4 is 59.1 Å². The summed E-state index contributed by atoms with van der Waals surface area (Å²) in [5.74, 6) is 0. The van der Waals surface area contributed by atoms with E-state index >= 15 is 0 Å². The van der Waals surface area contributed by atoms with Gasteiger partial charge < -0.3 is 14.6 Å². The number of carbonyl (C=O) groups is 1. The Kier molecular flexibility index (Phi) is 11.5. The van der Waals surface area contributed by atoms with E-state index in [-0.39, 0.29) is 70.9 Å². The van der Waals surface area contributed by atoms with Crippen molar-refractivity contribution in [2.45, 2.75) is 9.79 Å². The Labute approximate surface area is 154 Å². The van der Waals surface area contributed by atoms with Crippen molar-refractivity contribution in [3.05, 3.63) is 23.8 Å². The van der Waals surface area contributed by atoms with Gasteiger partial charge in [0, 0.05) is 5.56 Å². The van der Waals surface area contributed by atoms with Crippen molar-refractivity contribution in [1.82, 2.24) is 0 Å². The number of rotatable bonds is 3. The second kappa shape index (κ2) is 8.85. The summed E-state index contributed by atoms with van der Waals surface area (Å²) in [7, 11) is -9.89. The number of hydrogen-bond donors (Lipinski definition) is 0. The molecule has 0 aliphatic carbocycles. The first-order valence-electron chi connectivity index (χ1n) is 3.67. The van der Waals surface area contributed by atoms with Crippen LogP contribution in [0, 0.1) is 0 Å². The maximum absolute atomic E-state index is 10.7. The van der Waals surface area contributed by atoms with Gasteiger partial charge in [-0.1, -0.05) is 0 Å². The van der Waals surface area contributed by atoms with Crippen LogP contribution in [0.25, 0.3) is 0 Å². The van der Waals surface area contributed by atoms with Gasteiger partial charge >= 0.3 is 59.1 Å². The SMILES string of the molecule is O.O=Cc1ccc(S(=O)(=O)[O-])cc1S(=O)(=O)[O-].[Na+].[Na+]. The normalized spacial score (nSPS) is 10.4. The molecule has 12 heteroatoms. The van der Waals surface area contributed by atoms with Gasteiger partial charge in [0.05, 0.1) is 9.79 Å². The van der Waals surface area contributed by atoms with Crippen molar-refractivity contribution >= 4 is 26.5 Å². The molecule has 0 heterocycles. The molecule has 19 heavy (non-hydrogen) atoms. The predicted molar refractivity (Wildman–Crippen MR) is 51.4 cm³/mol. The van der Waals surface area contributed by atoms with E-state index in [4.69, 9.17) is 0 Å². The third kappa shape index (κ3) is 6.78. The van der Waals surface area contributed by atoms with Crippen molar-refractivity contribution in [2.75, 3.05) is 0 Å². The van der Waals surface area contributed by atoms with Gasteiger partial charge in [0.2, 0.25) is 0 Å². The maximum atomic E-state index is 10.7. The van der Waals surface area contributed by atoms with Crippen LogP contribution in [0.3, 0.4) is 0 Å². The molecule has 0 unspecified atom stereocenters. The van der Waals surface area contributed by atoms with Crippen molar-refractivity contribution in [3.63, 3.8) is 0 Å². The number of carbonyl (C=O) groups excluding carboxylic acids is 1. The van der Waals surface area contributed by atoms with Gasteiger partial charge in [-0.15, -0.1) is 0 Å². The van der Waals surface area contributed by atoms with Crippen LogP contribution in [0.15, 0.2) is 28.0 Å². The summed E-state index contributed by atoms with van der Waals surface area (Å²) in [6.45, 7) is 0. The fourth-order valence-electron chi connectivity index (χ4n) is 0.984. The van der Waals surface area contributed by atoms with Crippen LogP contribution in [0.1, 0.15) is 10.4 Å². The Morgan fingerprint density at radius 2 is 1.42 bits per heavy atom. The molecular formula is C7H6Na2O8S2. The molecule has 0 bridgehead atoms. The molecule has 2 N–H and O–H groups in total. The van der Waals surface area contributed by atoms with E-state index in [2.05, 4.69) is 0 Å². The average molecular weight is 328 g/mol. The van der Waals surface area contributed by atoms with Crippen LogP contribution >= 0.6 is 0 Å². The summed E-state index contributed by atoms with van der Waals surface area (Å²) >= 11 is 0. The zero-order valence-corrected chi connectivity index (χ0v) is 15.6. The largest absolute Gasteiger partial charge is 1.00 e. The zero-order valence-electron chi connectivity index (χ0n) is 9.98. The summed E-state index contributed by atoms with van der Waals surface area (Å²) < 4.78 is 63.8. The Balaban J connectivity index is -0.000000853. The van der Waals surface area contributed by atoms with Crippen LogP contribution in [0.2, 0.25) is 0 Å². The summed E-state index contributed by atoms with van der Waals surface area (Å²) in [4.78, 5) is 8.49. The predicted octanol–water partition coefficient (Wildman–Crippen LogP) is -7.51. The molecule has 0 saturated heterocycles. The zero-order chi connectivity index (χ0) is 12.6. The van der Waals surface area contributed by atoms with Gasteiger partial charge in [0.15, 0.2) is 6.29 Å². The molecule has 0 fully saturated rings. The topological polar surface area (TPSA) is 163 Å². The minimum Gasteiger partial charge on any atom is -0.744 e. The van der Waals surface area contributed by atoms with E-state index in [1.807, 2.05) is 0 Å². The Morgan fingerprint density at radius 1 is 0.947 bits per heavy atom. The molecular weight excluding hydrogens is 322 g/mol. The molecule has 0 spiro atoms. The summed E-state index contributed by atoms with van der Waals surface area (Å²) in [6.07, 6.45) is 0.0754. The fourth-order valence-corrected chi connectivity index (χ4v) is 2.23. The first kappa shape index (κ1) is 24.7. The van der Waals surface area contributed by atoms with Gasteiger partial charge in [-0.25, -0.2) is 16.8 Å². The van der Waals surface area contributed by atoms with Crippen molar-refractivity contribution < 1.29 is 95.3 Å². The van der Waals surface area contributed by atoms with E-state index in [0.717, 1.165) is 12.1 Å². The van der Waals surface area contributed by atoms with E-state index < -0.39 is 35.6 Å². The van der Waals surface area contributed by atoms with Gasteiger partial charge in [-0.2, -0.15) is 0 Å². The molecule has 96 valence electrons. The average Bonchev–Trinajstić information content (AvgIpc) is 2.14. The second-order valence-electron chi connectivity index (χ2n) is 2.73. The molecule has 0 radical (unpaired) electrons. The van der Waals surface area contributed by atoms with E-state index in [1.165, 1.54) is 0 Å². The second-order valence-corrected chi connectivity index (χ2v) is 5.45. The molecule has 1 aromatic rings. The third-order valence-electron chi connectivity index (χ3n) is 1.67. The van der Waals surface area contributed by atoms with Gasteiger partial charge in [-0.3, -0.25) is 4.79 Å². The van der Waals surface area contributed by atoms with Crippen LogP contribution in [0.5, 0.6) is 0 Å².